The monoisotopic (exact) mass is 438 g/mol. The van der Waals surface area contributed by atoms with Crippen LogP contribution in [0.15, 0.2) is 42.5 Å². The predicted molar refractivity (Wildman–Crippen MR) is 118 cm³/mol. The second kappa shape index (κ2) is 8.44. The summed E-state index contributed by atoms with van der Waals surface area (Å²) < 4.78 is 10.6. The normalized spacial score (nSPS) is 10.8. The first-order valence-corrected chi connectivity index (χ1v) is 10.2. The number of thiazole rings is 1. The number of nitrogens with zero attached hydrogens (tertiary/aromatic N) is 1. The lowest BCUT2D eigenvalue weighted by Gasteiger charge is -2.04. The number of rotatable bonds is 5. The Balaban J connectivity index is 1.50. The van der Waals surface area contributed by atoms with Crippen molar-refractivity contribution in [1.29, 1.82) is 0 Å². The molecule has 4 aromatic rings. The number of ether oxygens (including phenoxy) is 2. The average molecular weight is 438 g/mol. The molecular weight excluding hydrogens is 420 g/mol. The van der Waals surface area contributed by atoms with Crippen LogP contribution in [0.25, 0.3) is 21.1 Å². The van der Waals surface area contributed by atoms with Crippen LogP contribution in [0.5, 0.6) is 5.75 Å². The van der Waals surface area contributed by atoms with Crippen LogP contribution in [-0.2, 0) is 14.3 Å². The zero-order chi connectivity index (χ0) is 22.0. The van der Waals surface area contributed by atoms with Crippen molar-refractivity contribution in [3.05, 3.63) is 48.2 Å². The number of methoxy groups -OCH3 is 1. The van der Waals surface area contributed by atoms with Crippen molar-refractivity contribution in [2.45, 2.75) is 6.92 Å². The zero-order valence-electron chi connectivity index (χ0n) is 16.6. The molecule has 3 N–H and O–H groups in total. The number of esters is 1. The first-order chi connectivity index (χ1) is 15.0. The highest BCUT2D eigenvalue weighted by Gasteiger charge is 2.16. The molecule has 10 heteroatoms. The summed E-state index contributed by atoms with van der Waals surface area (Å²) in [5, 5.41) is 6.55. The number of carbonyl (C=O) groups is 3. The van der Waals surface area contributed by atoms with E-state index >= 15 is 0 Å². The molecule has 0 unspecified atom stereocenters. The Labute approximate surface area is 180 Å². The summed E-state index contributed by atoms with van der Waals surface area (Å²) in [6.45, 7) is 1.74. The van der Waals surface area contributed by atoms with Gasteiger partial charge in [0.1, 0.15) is 11.4 Å². The van der Waals surface area contributed by atoms with Gasteiger partial charge in [0.2, 0.25) is 0 Å². The van der Waals surface area contributed by atoms with E-state index < -0.39 is 11.9 Å². The van der Waals surface area contributed by atoms with Gasteiger partial charge in [0.15, 0.2) is 5.13 Å². The minimum absolute atomic E-state index is 0.118. The molecule has 0 aliphatic rings. The summed E-state index contributed by atoms with van der Waals surface area (Å²) in [6.07, 6.45) is 0. The summed E-state index contributed by atoms with van der Waals surface area (Å²) >= 11 is 1.25. The first-order valence-electron chi connectivity index (χ1n) is 9.33. The Hall–Kier alpha value is -3.92. The van der Waals surface area contributed by atoms with Crippen LogP contribution in [0.3, 0.4) is 0 Å². The fourth-order valence-electron chi connectivity index (χ4n) is 2.95. The highest BCUT2D eigenvalue weighted by molar-refractivity contribution is 7.22. The summed E-state index contributed by atoms with van der Waals surface area (Å²) in [7, 11) is 1.58. The van der Waals surface area contributed by atoms with Gasteiger partial charge in [0, 0.05) is 22.7 Å². The minimum atomic E-state index is -0.948. The van der Waals surface area contributed by atoms with Crippen molar-refractivity contribution in [2.75, 3.05) is 24.4 Å². The van der Waals surface area contributed by atoms with E-state index in [4.69, 9.17) is 4.74 Å². The van der Waals surface area contributed by atoms with E-state index in [1.54, 1.807) is 38.3 Å². The number of aromatic nitrogens is 2. The number of carbonyl (C=O) groups excluding carboxylic acids is 3. The molecule has 0 bridgehead atoms. The van der Waals surface area contributed by atoms with Crippen molar-refractivity contribution in [3.63, 3.8) is 0 Å². The first kappa shape index (κ1) is 20.4. The molecule has 0 fully saturated rings. The smallest absolute Gasteiger partial charge is 0.397 e. The van der Waals surface area contributed by atoms with Crippen LogP contribution in [-0.4, -0.2) is 41.5 Å². The molecule has 2 heterocycles. The molecule has 9 nitrogen and oxygen atoms in total. The van der Waals surface area contributed by atoms with Gasteiger partial charge in [-0.3, -0.25) is 14.9 Å². The van der Waals surface area contributed by atoms with Gasteiger partial charge in [-0.15, -0.1) is 0 Å². The number of nitrogens with one attached hydrogen (secondary N) is 3. The van der Waals surface area contributed by atoms with E-state index in [-0.39, 0.29) is 12.5 Å². The highest BCUT2D eigenvalue weighted by atomic mass is 32.1. The zero-order valence-corrected chi connectivity index (χ0v) is 17.5. The summed E-state index contributed by atoms with van der Waals surface area (Å²) in [6, 6.07) is 12.2. The maximum absolute atomic E-state index is 12.6. The molecule has 2 aromatic carbocycles. The lowest BCUT2D eigenvalue weighted by Crippen LogP contribution is -2.24. The van der Waals surface area contributed by atoms with Gasteiger partial charge in [-0.25, -0.2) is 9.78 Å². The lowest BCUT2D eigenvalue weighted by atomic mass is 10.2. The number of benzene rings is 2. The molecule has 0 radical (unpaired) electrons. The molecule has 31 heavy (non-hydrogen) atoms. The third-order valence-corrected chi connectivity index (χ3v) is 5.34. The second-order valence-corrected chi connectivity index (χ2v) is 7.50. The van der Waals surface area contributed by atoms with E-state index in [1.807, 2.05) is 18.2 Å². The topological polar surface area (TPSA) is 122 Å². The molecule has 0 saturated carbocycles. The Morgan fingerprint density at radius 1 is 1.10 bits per heavy atom. The molecule has 0 aliphatic carbocycles. The Kier molecular flexibility index (Phi) is 5.54. The molecule has 2 amide bonds. The quantitative estimate of drug-likeness (QED) is 0.324. The fraction of sp³-hybridized carbons (Fsp3) is 0.143. The van der Waals surface area contributed by atoms with Gasteiger partial charge < -0.3 is 19.8 Å². The van der Waals surface area contributed by atoms with Crippen LogP contribution < -0.4 is 15.4 Å². The van der Waals surface area contributed by atoms with E-state index in [0.29, 0.717) is 27.8 Å². The van der Waals surface area contributed by atoms with E-state index in [0.717, 1.165) is 15.6 Å². The number of H-pyrrole nitrogens is 1. The molecule has 0 atom stereocenters. The molecule has 0 spiro atoms. The van der Waals surface area contributed by atoms with Crippen LogP contribution in [0.1, 0.15) is 17.4 Å². The van der Waals surface area contributed by atoms with Gasteiger partial charge >= 0.3 is 11.9 Å². The SMILES string of the molecule is CCOC(=O)C(=O)Nc1ccc2nc(NC(=O)c3cc4ccc(OC)cc4[nH]3)sc2c1. The van der Waals surface area contributed by atoms with Crippen LogP contribution in [0, 0.1) is 0 Å². The van der Waals surface area contributed by atoms with E-state index in [9.17, 15) is 14.4 Å². The van der Waals surface area contributed by atoms with Gasteiger partial charge in [-0.05, 0) is 43.3 Å². The maximum atomic E-state index is 12.6. The van der Waals surface area contributed by atoms with E-state index in [1.165, 1.54) is 11.3 Å². The van der Waals surface area contributed by atoms with Crippen molar-refractivity contribution >= 4 is 61.1 Å². The largest absolute Gasteiger partial charge is 0.497 e. The third kappa shape index (κ3) is 4.33. The molecule has 0 aliphatic heterocycles. The molecular formula is C21H18N4O5S. The number of hydrogen-bond acceptors (Lipinski definition) is 7. The van der Waals surface area contributed by atoms with Crippen molar-refractivity contribution < 1.29 is 23.9 Å². The van der Waals surface area contributed by atoms with Gasteiger partial charge in [0.25, 0.3) is 5.91 Å². The second-order valence-electron chi connectivity index (χ2n) is 6.47. The van der Waals surface area contributed by atoms with Gasteiger partial charge in [0.05, 0.1) is 23.9 Å². The third-order valence-electron chi connectivity index (χ3n) is 4.40. The Bertz CT molecular complexity index is 1310. The van der Waals surface area contributed by atoms with Crippen molar-refractivity contribution in [1.82, 2.24) is 9.97 Å². The maximum Gasteiger partial charge on any atom is 0.397 e. The van der Waals surface area contributed by atoms with E-state index in [2.05, 4.69) is 25.3 Å². The highest BCUT2D eigenvalue weighted by Crippen LogP contribution is 2.29. The minimum Gasteiger partial charge on any atom is -0.497 e. The molecule has 0 saturated heterocycles. The number of amides is 2. The number of fused-ring (bicyclic) bond motifs is 2. The fourth-order valence-corrected chi connectivity index (χ4v) is 3.85. The summed E-state index contributed by atoms with van der Waals surface area (Å²) in [5.41, 5.74) is 2.26. The average Bonchev–Trinajstić information content (AvgIpc) is 3.36. The number of anilines is 2. The Morgan fingerprint density at radius 3 is 2.71 bits per heavy atom. The summed E-state index contributed by atoms with van der Waals surface area (Å²) in [4.78, 5) is 43.4. The van der Waals surface area contributed by atoms with Gasteiger partial charge in [-0.2, -0.15) is 0 Å². The standard InChI is InChI=1S/C21H18N4O5S/c1-3-30-20(28)19(27)22-12-5-7-14-17(9-12)31-21(24-14)25-18(26)16-8-11-4-6-13(29-2)10-15(11)23-16/h4-10,23H,3H2,1-2H3,(H,22,27)(H,24,25,26). The van der Waals surface area contributed by atoms with Crippen LogP contribution >= 0.6 is 11.3 Å². The predicted octanol–water partition coefficient (Wildman–Crippen LogP) is 3.54. The molecule has 2 aromatic heterocycles. The van der Waals surface area contributed by atoms with Crippen molar-refractivity contribution in [2.24, 2.45) is 0 Å². The van der Waals surface area contributed by atoms with Crippen LogP contribution in [0.2, 0.25) is 0 Å². The van der Waals surface area contributed by atoms with Gasteiger partial charge in [-0.1, -0.05) is 11.3 Å². The lowest BCUT2D eigenvalue weighted by molar-refractivity contribution is -0.152. The van der Waals surface area contributed by atoms with Crippen molar-refractivity contribution in [3.8, 4) is 5.75 Å². The Morgan fingerprint density at radius 2 is 1.94 bits per heavy atom. The summed E-state index contributed by atoms with van der Waals surface area (Å²) in [5.74, 6) is -1.44. The molecule has 158 valence electrons. The van der Waals surface area contributed by atoms with Crippen LogP contribution in [0.4, 0.5) is 10.8 Å². The molecule has 4 rings (SSSR count). The number of aromatic amines is 1. The number of hydrogen-bond donors (Lipinski definition) is 3.